The standard InChI is InChI=1S/C15H22O4S/c1-17-8-3-9-18-10-11-19-12-15(16)13-4-6-14(20-2)7-5-13/h4-7H,3,8-12H2,1-2H3. The molecule has 0 aliphatic heterocycles. The van der Waals surface area contributed by atoms with Crippen molar-refractivity contribution in [1.82, 2.24) is 0 Å². The second-order valence-electron chi connectivity index (χ2n) is 4.16. The van der Waals surface area contributed by atoms with E-state index in [4.69, 9.17) is 14.2 Å². The normalized spacial score (nSPS) is 10.7. The molecule has 0 N–H and O–H groups in total. The zero-order chi connectivity index (χ0) is 14.6. The van der Waals surface area contributed by atoms with E-state index in [0.29, 0.717) is 32.0 Å². The summed E-state index contributed by atoms with van der Waals surface area (Å²) in [5, 5.41) is 0. The van der Waals surface area contributed by atoms with Crippen LogP contribution in [0.25, 0.3) is 0 Å². The first-order valence-electron chi connectivity index (χ1n) is 6.59. The number of methoxy groups -OCH3 is 1. The summed E-state index contributed by atoms with van der Waals surface area (Å²) in [5.74, 6) is -0.00274. The molecular weight excluding hydrogens is 276 g/mol. The van der Waals surface area contributed by atoms with Crippen LogP contribution < -0.4 is 0 Å². The molecule has 0 aromatic heterocycles. The molecule has 5 heteroatoms. The molecule has 0 radical (unpaired) electrons. The first kappa shape index (κ1) is 17.2. The van der Waals surface area contributed by atoms with Gasteiger partial charge >= 0.3 is 0 Å². The Morgan fingerprint density at radius 3 is 2.40 bits per heavy atom. The average Bonchev–Trinajstić information content (AvgIpc) is 2.50. The Balaban J connectivity index is 2.10. The number of ether oxygens (including phenoxy) is 3. The summed E-state index contributed by atoms with van der Waals surface area (Å²) in [5.41, 5.74) is 0.684. The highest BCUT2D eigenvalue weighted by Crippen LogP contribution is 2.15. The Bertz CT molecular complexity index is 378. The maximum atomic E-state index is 11.8. The van der Waals surface area contributed by atoms with Crippen molar-refractivity contribution in [1.29, 1.82) is 0 Å². The van der Waals surface area contributed by atoms with E-state index in [-0.39, 0.29) is 12.4 Å². The van der Waals surface area contributed by atoms with Crippen LogP contribution in [0.5, 0.6) is 0 Å². The summed E-state index contributed by atoms with van der Waals surface area (Å²) in [6.07, 6.45) is 2.88. The fraction of sp³-hybridized carbons (Fsp3) is 0.533. The van der Waals surface area contributed by atoms with Gasteiger partial charge in [0.1, 0.15) is 6.61 Å². The van der Waals surface area contributed by atoms with Crippen LogP contribution in [0.2, 0.25) is 0 Å². The largest absolute Gasteiger partial charge is 0.385 e. The number of hydrogen-bond acceptors (Lipinski definition) is 5. The summed E-state index contributed by atoms with van der Waals surface area (Å²) < 4.78 is 15.5. The number of benzene rings is 1. The lowest BCUT2D eigenvalue weighted by Gasteiger charge is -2.06. The Morgan fingerprint density at radius 1 is 1.05 bits per heavy atom. The van der Waals surface area contributed by atoms with E-state index < -0.39 is 0 Å². The zero-order valence-corrected chi connectivity index (χ0v) is 12.9. The monoisotopic (exact) mass is 298 g/mol. The van der Waals surface area contributed by atoms with Crippen LogP contribution in [-0.4, -0.2) is 52.2 Å². The van der Waals surface area contributed by atoms with E-state index in [1.165, 1.54) is 0 Å². The van der Waals surface area contributed by atoms with Gasteiger partial charge in [-0.15, -0.1) is 11.8 Å². The third-order valence-electron chi connectivity index (χ3n) is 2.65. The minimum absolute atomic E-state index is 0.00274. The molecule has 1 rings (SSSR count). The molecule has 0 unspecified atom stereocenters. The molecule has 20 heavy (non-hydrogen) atoms. The SMILES string of the molecule is COCCCOCCOCC(=O)c1ccc(SC)cc1. The molecule has 0 bridgehead atoms. The van der Waals surface area contributed by atoms with Gasteiger partial charge in [-0.3, -0.25) is 4.79 Å². The molecule has 0 saturated carbocycles. The number of thioether (sulfide) groups is 1. The molecule has 1 aromatic carbocycles. The summed E-state index contributed by atoms with van der Waals surface area (Å²) in [4.78, 5) is 13.0. The highest BCUT2D eigenvalue weighted by molar-refractivity contribution is 7.98. The number of Topliss-reactive ketones (excluding diaryl/α,β-unsaturated/α-hetero) is 1. The minimum atomic E-state index is -0.00274. The van der Waals surface area contributed by atoms with Gasteiger partial charge in [-0.05, 0) is 24.8 Å². The van der Waals surface area contributed by atoms with Crippen molar-refractivity contribution in [3.8, 4) is 0 Å². The number of carbonyl (C=O) groups is 1. The molecule has 1 aromatic rings. The van der Waals surface area contributed by atoms with Crippen LogP contribution in [0.3, 0.4) is 0 Å². The van der Waals surface area contributed by atoms with Crippen molar-refractivity contribution in [3.63, 3.8) is 0 Å². The summed E-state index contributed by atoms with van der Waals surface area (Å²) in [6.45, 7) is 2.39. The Kier molecular flexibility index (Phi) is 9.32. The van der Waals surface area contributed by atoms with Crippen molar-refractivity contribution in [2.75, 3.05) is 46.4 Å². The van der Waals surface area contributed by atoms with Gasteiger partial charge in [0.15, 0.2) is 5.78 Å². The lowest BCUT2D eigenvalue weighted by atomic mass is 10.1. The number of carbonyl (C=O) groups excluding carboxylic acids is 1. The van der Waals surface area contributed by atoms with Gasteiger partial charge in [-0.2, -0.15) is 0 Å². The predicted molar refractivity (Wildman–Crippen MR) is 80.7 cm³/mol. The third kappa shape index (κ3) is 7.05. The van der Waals surface area contributed by atoms with Gasteiger partial charge in [0, 0.05) is 30.8 Å². The maximum Gasteiger partial charge on any atom is 0.188 e. The second-order valence-corrected chi connectivity index (χ2v) is 5.04. The van der Waals surface area contributed by atoms with Gasteiger partial charge in [0.25, 0.3) is 0 Å². The van der Waals surface area contributed by atoms with Crippen LogP contribution >= 0.6 is 11.8 Å². The van der Waals surface area contributed by atoms with E-state index in [0.717, 1.165) is 11.3 Å². The quantitative estimate of drug-likeness (QED) is 0.357. The summed E-state index contributed by atoms with van der Waals surface area (Å²) in [6, 6.07) is 7.55. The average molecular weight is 298 g/mol. The van der Waals surface area contributed by atoms with E-state index >= 15 is 0 Å². The van der Waals surface area contributed by atoms with E-state index in [1.807, 2.05) is 30.5 Å². The molecule has 4 nitrogen and oxygen atoms in total. The highest BCUT2D eigenvalue weighted by Gasteiger charge is 2.05. The van der Waals surface area contributed by atoms with E-state index in [9.17, 15) is 4.79 Å². The fourth-order valence-electron chi connectivity index (χ4n) is 1.55. The van der Waals surface area contributed by atoms with Crippen LogP contribution in [0.1, 0.15) is 16.8 Å². The molecule has 0 aliphatic carbocycles. The van der Waals surface area contributed by atoms with E-state index in [1.54, 1.807) is 18.9 Å². The molecule has 0 saturated heterocycles. The van der Waals surface area contributed by atoms with Crippen molar-refractivity contribution in [2.24, 2.45) is 0 Å². The highest BCUT2D eigenvalue weighted by atomic mass is 32.2. The summed E-state index contributed by atoms with van der Waals surface area (Å²) >= 11 is 1.65. The Labute approximate surface area is 124 Å². The van der Waals surface area contributed by atoms with Gasteiger partial charge < -0.3 is 14.2 Å². The number of hydrogen-bond donors (Lipinski definition) is 0. The minimum Gasteiger partial charge on any atom is -0.385 e. The van der Waals surface area contributed by atoms with Gasteiger partial charge in [-0.1, -0.05) is 12.1 Å². The second kappa shape index (κ2) is 10.9. The molecule has 0 heterocycles. The predicted octanol–water partition coefficient (Wildman–Crippen LogP) is 2.66. The molecule has 0 fully saturated rings. The Hall–Kier alpha value is -0.880. The first-order valence-corrected chi connectivity index (χ1v) is 7.82. The van der Waals surface area contributed by atoms with Gasteiger partial charge in [-0.25, -0.2) is 0 Å². The fourth-order valence-corrected chi connectivity index (χ4v) is 1.96. The third-order valence-corrected chi connectivity index (χ3v) is 3.40. The Morgan fingerprint density at radius 2 is 1.75 bits per heavy atom. The lowest BCUT2D eigenvalue weighted by Crippen LogP contribution is -2.13. The molecule has 0 aliphatic rings. The number of rotatable bonds is 11. The van der Waals surface area contributed by atoms with Crippen LogP contribution in [-0.2, 0) is 14.2 Å². The first-order chi connectivity index (χ1) is 9.77. The topological polar surface area (TPSA) is 44.8 Å². The van der Waals surface area contributed by atoms with Crippen LogP contribution in [0.4, 0.5) is 0 Å². The van der Waals surface area contributed by atoms with E-state index in [2.05, 4.69) is 0 Å². The van der Waals surface area contributed by atoms with Gasteiger partial charge in [0.2, 0.25) is 0 Å². The maximum absolute atomic E-state index is 11.8. The van der Waals surface area contributed by atoms with Crippen molar-refractivity contribution < 1.29 is 19.0 Å². The van der Waals surface area contributed by atoms with Crippen molar-refractivity contribution >= 4 is 17.5 Å². The molecule has 112 valence electrons. The molecule has 0 amide bonds. The zero-order valence-electron chi connectivity index (χ0n) is 12.1. The molecule has 0 atom stereocenters. The van der Waals surface area contributed by atoms with Crippen LogP contribution in [0.15, 0.2) is 29.2 Å². The van der Waals surface area contributed by atoms with Gasteiger partial charge in [0.05, 0.1) is 13.2 Å². The molecule has 0 spiro atoms. The van der Waals surface area contributed by atoms with Crippen LogP contribution in [0, 0.1) is 0 Å². The van der Waals surface area contributed by atoms with Crippen molar-refractivity contribution in [2.45, 2.75) is 11.3 Å². The number of ketones is 1. The molecular formula is C15H22O4S. The summed E-state index contributed by atoms with van der Waals surface area (Å²) in [7, 11) is 1.67. The lowest BCUT2D eigenvalue weighted by molar-refractivity contribution is 0.0382. The van der Waals surface area contributed by atoms with Crippen molar-refractivity contribution in [3.05, 3.63) is 29.8 Å². The smallest absolute Gasteiger partial charge is 0.188 e.